The summed E-state index contributed by atoms with van der Waals surface area (Å²) in [5.41, 5.74) is 0. The van der Waals surface area contributed by atoms with Crippen molar-refractivity contribution >= 4 is 10.1 Å². The van der Waals surface area contributed by atoms with Crippen molar-refractivity contribution in [3.05, 3.63) is 0 Å². The van der Waals surface area contributed by atoms with E-state index in [0.29, 0.717) is 19.3 Å². The minimum Gasteiger partial charge on any atom is -0.748 e. The summed E-state index contributed by atoms with van der Waals surface area (Å²) in [6.07, 6.45) is 13.9. The van der Waals surface area contributed by atoms with Crippen LogP contribution >= 0.6 is 0 Å². The Labute approximate surface area is 178 Å². The zero-order chi connectivity index (χ0) is 18.3. The molecular weight excluding hydrogens is 347 g/mol. The Morgan fingerprint density at radius 3 is 1.60 bits per heavy atom. The van der Waals surface area contributed by atoms with Crippen molar-refractivity contribution in [1.29, 1.82) is 0 Å². The van der Waals surface area contributed by atoms with Gasteiger partial charge in [-0.2, -0.15) is 0 Å². The van der Waals surface area contributed by atoms with Gasteiger partial charge in [0.25, 0.3) is 0 Å². The molecule has 0 spiro atoms. The number of aliphatic hydroxyl groups is 1. The fourth-order valence-electron chi connectivity index (χ4n) is 3.11. The van der Waals surface area contributed by atoms with Gasteiger partial charge in [0.1, 0.15) is 0 Å². The molecule has 0 rings (SSSR count). The average molecular weight is 387 g/mol. The quantitative estimate of drug-likeness (QED) is 0.236. The Morgan fingerprint density at radius 1 is 0.720 bits per heavy atom. The van der Waals surface area contributed by atoms with Crippen LogP contribution in [0.15, 0.2) is 0 Å². The topological polar surface area (TPSA) is 77.4 Å². The van der Waals surface area contributed by atoms with E-state index in [1.807, 2.05) is 0 Å². The molecule has 0 aliphatic rings. The Bertz CT molecular complexity index is 374. The van der Waals surface area contributed by atoms with Crippen LogP contribution in [-0.2, 0) is 10.1 Å². The van der Waals surface area contributed by atoms with Crippen molar-refractivity contribution in [3.8, 4) is 0 Å². The largest absolute Gasteiger partial charge is 1.00 e. The maximum Gasteiger partial charge on any atom is 1.00 e. The van der Waals surface area contributed by atoms with Gasteiger partial charge in [0.2, 0.25) is 0 Å². The molecule has 25 heavy (non-hydrogen) atoms. The molecule has 0 aliphatic carbocycles. The molecule has 0 radical (unpaired) electrons. The van der Waals surface area contributed by atoms with Gasteiger partial charge in [-0.1, -0.05) is 84.5 Å². The fourth-order valence-corrected chi connectivity index (χ4v) is 4.02. The molecule has 0 aromatic rings. The minimum atomic E-state index is -4.18. The van der Waals surface area contributed by atoms with Gasteiger partial charge in [-0.25, -0.2) is 8.42 Å². The Balaban J connectivity index is 0. The standard InChI is InChI=1S/C19H40O4S.Na/c1-3-5-7-8-9-11-14-18(20)15-12-13-17-19(24(21,22)23)16-10-6-4-2;/h18-20H,3-17H2,1-2H3,(H,21,22,23);/q;+1/p-1. The van der Waals surface area contributed by atoms with E-state index in [1.54, 1.807) is 0 Å². The van der Waals surface area contributed by atoms with Crippen molar-refractivity contribution < 1.29 is 47.6 Å². The third-order valence-electron chi connectivity index (χ3n) is 4.74. The van der Waals surface area contributed by atoms with Crippen LogP contribution in [0.4, 0.5) is 0 Å². The third-order valence-corrected chi connectivity index (χ3v) is 6.03. The number of rotatable bonds is 17. The molecule has 0 aliphatic heterocycles. The van der Waals surface area contributed by atoms with Gasteiger partial charge in [0.05, 0.1) is 16.2 Å². The summed E-state index contributed by atoms with van der Waals surface area (Å²) in [7, 11) is -4.18. The van der Waals surface area contributed by atoms with E-state index in [0.717, 1.165) is 44.9 Å². The van der Waals surface area contributed by atoms with Gasteiger partial charge in [0, 0.05) is 5.25 Å². The Morgan fingerprint density at radius 2 is 1.08 bits per heavy atom. The van der Waals surface area contributed by atoms with Crippen molar-refractivity contribution in [2.24, 2.45) is 0 Å². The van der Waals surface area contributed by atoms with E-state index in [9.17, 15) is 18.1 Å². The molecule has 0 bridgehead atoms. The van der Waals surface area contributed by atoms with Gasteiger partial charge in [-0.05, 0) is 25.7 Å². The molecule has 0 heterocycles. The molecule has 0 aromatic heterocycles. The van der Waals surface area contributed by atoms with E-state index in [1.165, 1.54) is 32.1 Å². The summed E-state index contributed by atoms with van der Waals surface area (Å²) in [6, 6.07) is 0. The smallest absolute Gasteiger partial charge is 0.748 e. The van der Waals surface area contributed by atoms with Gasteiger partial charge >= 0.3 is 29.6 Å². The van der Waals surface area contributed by atoms with E-state index in [2.05, 4.69) is 13.8 Å². The summed E-state index contributed by atoms with van der Waals surface area (Å²) in [6.45, 7) is 4.27. The molecule has 146 valence electrons. The van der Waals surface area contributed by atoms with E-state index in [4.69, 9.17) is 0 Å². The summed E-state index contributed by atoms with van der Waals surface area (Å²) in [5.74, 6) is 0. The van der Waals surface area contributed by atoms with E-state index < -0.39 is 15.4 Å². The number of hydrogen-bond acceptors (Lipinski definition) is 4. The van der Waals surface area contributed by atoms with Crippen LogP contribution in [0.25, 0.3) is 0 Å². The normalized spacial score (nSPS) is 14.1. The predicted octanol–water partition coefficient (Wildman–Crippen LogP) is 2.16. The molecule has 2 unspecified atom stereocenters. The summed E-state index contributed by atoms with van der Waals surface area (Å²) < 4.78 is 33.9. The van der Waals surface area contributed by atoms with Crippen molar-refractivity contribution in [3.63, 3.8) is 0 Å². The summed E-state index contributed by atoms with van der Waals surface area (Å²) >= 11 is 0. The first-order valence-corrected chi connectivity index (χ1v) is 11.5. The molecule has 4 nitrogen and oxygen atoms in total. The zero-order valence-corrected chi connectivity index (χ0v) is 19.7. The third kappa shape index (κ3) is 18.0. The molecular formula is C19H39NaO4S. The van der Waals surface area contributed by atoms with Crippen LogP contribution in [0.5, 0.6) is 0 Å². The van der Waals surface area contributed by atoms with E-state index in [-0.39, 0.29) is 35.7 Å². The van der Waals surface area contributed by atoms with Gasteiger partial charge < -0.3 is 9.66 Å². The van der Waals surface area contributed by atoms with Crippen LogP contribution in [0.1, 0.15) is 110 Å². The van der Waals surface area contributed by atoms with Gasteiger partial charge in [-0.3, -0.25) is 0 Å². The first-order chi connectivity index (χ1) is 11.4. The first kappa shape index (κ1) is 28.1. The summed E-state index contributed by atoms with van der Waals surface area (Å²) in [4.78, 5) is 0. The second kappa shape index (κ2) is 18.2. The molecule has 0 aromatic carbocycles. The van der Waals surface area contributed by atoms with Crippen molar-refractivity contribution in [2.45, 2.75) is 122 Å². The molecule has 6 heteroatoms. The monoisotopic (exact) mass is 386 g/mol. The van der Waals surface area contributed by atoms with Crippen LogP contribution in [-0.4, -0.2) is 29.4 Å². The molecule has 0 amide bonds. The van der Waals surface area contributed by atoms with Gasteiger partial charge in [0.15, 0.2) is 0 Å². The number of aliphatic hydroxyl groups excluding tert-OH is 1. The first-order valence-electron chi connectivity index (χ1n) is 10.0. The van der Waals surface area contributed by atoms with E-state index >= 15 is 0 Å². The van der Waals surface area contributed by atoms with Gasteiger partial charge in [-0.15, -0.1) is 0 Å². The maximum atomic E-state index is 11.3. The SMILES string of the molecule is CCCCCCCCC(O)CCCCC(CCCCC)S(=O)(=O)[O-].[Na+]. The second-order valence-electron chi connectivity index (χ2n) is 7.11. The number of hydrogen-bond donors (Lipinski definition) is 1. The van der Waals surface area contributed by atoms with Crippen LogP contribution in [0, 0.1) is 0 Å². The molecule has 0 saturated carbocycles. The molecule has 1 N–H and O–H groups in total. The Kier molecular flexibility index (Phi) is 20.5. The summed E-state index contributed by atoms with van der Waals surface area (Å²) in [5, 5.41) is 9.23. The average Bonchev–Trinajstić information content (AvgIpc) is 2.52. The van der Waals surface area contributed by atoms with Crippen molar-refractivity contribution in [2.75, 3.05) is 0 Å². The number of unbranched alkanes of at least 4 members (excludes halogenated alkanes) is 8. The van der Waals surface area contributed by atoms with Crippen LogP contribution in [0.3, 0.4) is 0 Å². The second-order valence-corrected chi connectivity index (χ2v) is 8.76. The maximum absolute atomic E-state index is 11.3. The van der Waals surface area contributed by atoms with Crippen LogP contribution in [0.2, 0.25) is 0 Å². The van der Waals surface area contributed by atoms with Crippen molar-refractivity contribution in [1.82, 2.24) is 0 Å². The fraction of sp³-hybridized carbons (Fsp3) is 1.00. The Hall–Kier alpha value is 0.870. The predicted molar refractivity (Wildman–Crippen MR) is 100 cm³/mol. The zero-order valence-electron chi connectivity index (χ0n) is 16.8. The van der Waals surface area contributed by atoms with Crippen LogP contribution < -0.4 is 29.6 Å². The minimum absolute atomic E-state index is 0. The molecule has 2 atom stereocenters. The molecule has 0 fully saturated rings. The molecule has 0 saturated heterocycles.